The third-order valence-electron chi connectivity index (χ3n) is 2.44. The van der Waals surface area contributed by atoms with Gasteiger partial charge in [0.1, 0.15) is 12.3 Å². The van der Waals surface area contributed by atoms with Crippen molar-refractivity contribution in [1.82, 2.24) is 10.2 Å². The Balaban J connectivity index is 2.79. The molecule has 15 heavy (non-hydrogen) atoms. The summed E-state index contributed by atoms with van der Waals surface area (Å²) in [5, 5.41) is 2.26. The molecule has 84 valence electrons. The van der Waals surface area contributed by atoms with Gasteiger partial charge in [-0.1, -0.05) is 20.8 Å². The Hall–Kier alpha value is -1.39. The summed E-state index contributed by atoms with van der Waals surface area (Å²) >= 11 is 0. The van der Waals surface area contributed by atoms with E-state index in [1.807, 2.05) is 13.8 Å². The lowest BCUT2D eigenvalue weighted by molar-refractivity contribution is -0.123. The molecule has 1 aliphatic rings. The van der Waals surface area contributed by atoms with Gasteiger partial charge in [0.05, 0.1) is 0 Å². The first kappa shape index (κ1) is 11.7. The van der Waals surface area contributed by atoms with Crippen LogP contribution in [-0.2, 0) is 9.59 Å². The van der Waals surface area contributed by atoms with E-state index in [4.69, 9.17) is 0 Å². The van der Waals surface area contributed by atoms with Crippen molar-refractivity contribution in [1.29, 1.82) is 0 Å². The van der Waals surface area contributed by atoms with Gasteiger partial charge in [-0.25, -0.2) is 4.79 Å². The van der Waals surface area contributed by atoms with E-state index in [1.165, 1.54) is 4.90 Å². The van der Waals surface area contributed by atoms with E-state index in [-0.39, 0.29) is 17.7 Å². The molecule has 0 aromatic heterocycles. The number of amides is 3. The van der Waals surface area contributed by atoms with Crippen LogP contribution in [0.1, 0.15) is 20.8 Å². The Morgan fingerprint density at radius 2 is 2.00 bits per heavy atom. The number of hydrogen-bond acceptors (Lipinski definition) is 3. The highest BCUT2D eigenvalue weighted by molar-refractivity contribution is 6.04. The molecule has 0 radical (unpaired) electrons. The minimum absolute atomic E-state index is 0.0512. The molecule has 1 fully saturated rings. The largest absolute Gasteiger partial charge is 0.324 e. The predicted octanol–water partition coefficient (Wildman–Crippen LogP) is 0.398. The molecule has 1 saturated heterocycles. The molecule has 0 aromatic carbocycles. The third-order valence-corrected chi connectivity index (χ3v) is 2.44. The van der Waals surface area contributed by atoms with Gasteiger partial charge >= 0.3 is 6.03 Å². The van der Waals surface area contributed by atoms with E-state index in [2.05, 4.69) is 5.32 Å². The molecule has 1 N–H and O–H groups in total. The van der Waals surface area contributed by atoms with E-state index >= 15 is 0 Å². The summed E-state index contributed by atoms with van der Waals surface area (Å²) in [6, 6.07) is -0.840. The second-order valence-electron chi connectivity index (χ2n) is 4.25. The molecule has 1 heterocycles. The average molecular weight is 212 g/mol. The zero-order valence-electron chi connectivity index (χ0n) is 9.19. The number of imide groups is 1. The monoisotopic (exact) mass is 212 g/mol. The third kappa shape index (κ3) is 2.34. The SMILES string of the molecule is CC(C=O)CN1C(=O)NC(=O)C1C(C)C. The standard InChI is InChI=1S/C10H16N2O3/c1-6(2)8-9(14)11-10(15)12(8)4-7(3)5-13/h5-8H,4H2,1-3H3,(H,11,14,15). The van der Waals surface area contributed by atoms with Crippen LogP contribution in [-0.4, -0.2) is 35.7 Å². The zero-order chi connectivity index (χ0) is 11.6. The minimum atomic E-state index is -0.445. The highest BCUT2D eigenvalue weighted by atomic mass is 16.2. The topological polar surface area (TPSA) is 66.5 Å². The Kier molecular flexibility index (Phi) is 3.44. The fraction of sp³-hybridized carbons (Fsp3) is 0.700. The molecule has 1 rings (SSSR count). The van der Waals surface area contributed by atoms with Gasteiger partial charge in [-0.2, -0.15) is 0 Å². The van der Waals surface area contributed by atoms with Gasteiger partial charge in [-0.05, 0) is 5.92 Å². The second kappa shape index (κ2) is 4.42. The van der Waals surface area contributed by atoms with Gasteiger partial charge in [-0.15, -0.1) is 0 Å². The van der Waals surface area contributed by atoms with Crippen LogP contribution in [0.15, 0.2) is 0 Å². The van der Waals surface area contributed by atoms with Crippen molar-refractivity contribution in [2.24, 2.45) is 11.8 Å². The summed E-state index contributed by atoms with van der Waals surface area (Å²) < 4.78 is 0. The first-order chi connectivity index (χ1) is 6.97. The lowest BCUT2D eigenvalue weighted by Gasteiger charge is -2.25. The van der Waals surface area contributed by atoms with Crippen LogP contribution < -0.4 is 5.32 Å². The molecule has 3 amide bonds. The Labute approximate surface area is 88.8 Å². The average Bonchev–Trinajstić information content (AvgIpc) is 2.41. The number of hydrogen-bond donors (Lipinski definition) is 1. The lowest BCUT2D eigenvalue weighted by atomic mass is 10.0. The van der Waals surface area contributed by atoms with Crippen LogP contribution in [0.4, 0.5) is 4.79 Å². The number of rotatable bonds is 4. The van der Waals surface area contributed by atoms with Gasteiger partial charge in [0.2, 0.25) is 0 Å². The van der Waals surface area contributed by atoms with Crippen molar-refractivity contribution in [3.63, 3.8) is 0 Å². The molecular formula is C10H16N2O3. The molecule has 2 atom stereocenters. The number of nitrogens with zero attached hydrogens (tertiary/aromatic N) is 1. The summed E-state index contributed by atoms with van der Waals surface area (Å²) in [6.45, 7) is 5.77. The van der Waals surface area contributed by atoms with E-state index in [0.717, 1.165) is 6.29 Å². The highest BCUT2D eigenvalue weighted by Gasteiger charge is 2.40. The van der Waals surface area contributed by atoms with Crippen molar-refractivity contribution < 1.29 is 14.4 Å². The van der Waals surface area contributed by atoms with Gasteiger partial charge in [0.15, 0.2) is 0 Å². The fourth-order valence-electron chi connectivity index (χ4n) is 1.73. The van der Waals surface area contributed by atoms with E-state index in [9.17, 15) is 14.4 Å². The van der Waals surface area contributed by atoms with Gasteiger partial charge < -0.3 is 9.69 Å². The van der Waals surface area contributed by atoms with Crippen LogP contribution in [0.2, 0.25) is 0 Å². The quantitative estimate of drug-likeness (QED) is 0.541. The molecule has 0 saturated carbocycles. The Morgan fingerprint density at radius 3 is 2.47 bits per heavy atom. The van der Waals surface area contributed by atoms with E-state index in [0.29, 0.717) is 6.54 Å². The molecule has 5 heteroatoms. The van der Waals surface area contributed by atoms with Crippen LogP contribution in [0.3, 0.4) is 0 Å². The number of aldehydes is 1. The lowest BCUT2D eigenvalue weighted by Crippen LogP contribution is -2.41. The molecule has 0 spiro atoms. The molecule has 5 nitrogen and oxygen atoms in total. The smallest absolute Gasteiger partial charge is 0.311 e. The van der Waals surface area contributed by atoms with Crippen LogP contribution in [0.5, 0.6) is 0 Å². The second-order valence-corrected chi connectivity index (χ2v) is 4.25. The van der Waals surface area contributed by atoms with Crippen LogP contribution >= 0.6 is 0 Å². The van der Waals surface area contributed by atoms with Crippen molar-refractivity contribution in [2.45, 2.75) is 26.8 Å². The molecule has 0 bridgehead atoms. The summed E-state index contributed by atoms with van der Waals surface area (Å²) in [4.78, 5) is 34.8. The molecule has 1 aliphatic heterocycles. The van der Waals surface area contributed by atoms with Gasteiger partial charge in [0.25, 0.3) is 5.91 Å². The predicted molar refractivity (Wildman–Crippen MR) is 54.1 cm³/mol. The molecular weight excluding hydrogens is 196 g/mol. The zero-order valence-corrected chi connectivity index (χ0v) is 9.19. The summed E-state index contributed by atoms with van der Waals surface area (Å²) in [5.41, 5.74) is 0. The van der Waals surface area contributed by atoms with E-state index in [1.54, 1.807) is 6.92 Å². The van der Waals surface area contributed by atoms with E-state index < -0.39 is 12.1 Å². The van der Waals surface area contributed by atoms with Crippen molar-refractivity contribution in [3.8, 4) is 0 Å². The minimum Gasteiger partial charge on any atom is -0.311 e. The first-order valence-corrected chi connectivity index (χ1v) is 5.04. The number of urea groups is 1. The maximum atomic E-state index is 11.4. The van der Waals surface area contributed by atoms with Crippen molar-refractivity contribution in [2.75, 3.05) is 6.54 Å². The normalized spacial score (nSPS) is 23.2. The number of carbonyl (C=O) groups excluding carboxylic acids is 3. The molecule has 0 aromatic rings. The molecule has 0 aliphatic carbocycles. The summed E-state index contributed by atoms with van der Waals surface area (Å²) in [6.07, 6.45) is 0.785. The van der Waals surface area contributed by atoms with Crippen molar-refractivity contribution in [3.05, 3.63) is 0 Å². The number of nitrogens with one attached hydrogen (secondary N) is 1. The Bertz CT molecular complexity index is 288. The van der Waals surface area contributed by atoms with Crippen LogP contribution in [0, 0.1) is 11.8 Å². The summed E-state index contributed by atoms with van der Waals surface area (Å²) in [7, 11) is 0. The highest BCUT2D eigenvalue weighted by Crippen LogP contribution is 2.17. The van der Waals surface area contributed by atoms with Gasteiger partial charge in [0, 0.05) is 12.5 Å². The van der Waals surface area contributed by atoms with Crippen molar-refractivity contribution >= 4 is 18.2 Å². The Morgan fingerprint density at radius 1 is 1.40 bits per heavy atom. The molecule has 2 unspecified atom stereocenters. The summed E-state index contributed by atoms with van der Waals surface area (Å²) in [5.74, 6) is -0.466. The first-order valence-electron chi connectivity index (χ1n) is 5.04. The maximum absolute atomic E-state index is 11.4. The van der Waals surface area contributed by atoms with Crippen LogP contribution in [0.25, 0.3) is 0 Å². The number of carbonyl (C=O) groups is 3. The maximum Gasteiger partial charge on any atom is 0.324 e. The van der Waals surface area contributed by atoms with Gasteiger partial charge in [-0.3, -0.25) is 10.1 Å². The fourth-order valence-corrected chi connectivity index (χ4v) is 1.73.